The quantitative estimate of drug-likeness (QED) is 0.396. The predicted molar refractivity (Wildman–Crippen MR) is 124 cm³/mol. The zero-order valence-corrected chi connectivity index (χ0v) is 18.4. The summed E-state index contributed by atoms with van der Waals surface area (Å²) in [5, 5.41) is 13.1. The highest BCUT2D eigenvalue weighted by Crippen LogP contribution is 2.38. The average Bonchev–Trinajstić information content (AvgIpc) is 3.09. The van der Waals surface area contributed by atoms with E-state index in [4.69, 9.17) is 9.97 Å². The van der Waals surface area contributed by atoms with Gasteiger partial charge in [0.25, 0.3) is 5.91 Å². The van der Waals surface area contributed by atoms with Gasteiger partial charge in [-0.1, -0.05) is 53.4 Å². The van der Waals surface area contributed by atoms with Crippen LogP contribution in [0.15, 0.2) is 53.0 Å². The molecule has 2 aromatic heterocycles. The Hall–Kier alpha value is -3.24. The Balaban J connectivity index is 1.72. The monoisotopic (exact) mass is 473 g/mol. The van der Waals surface area contributed by atoms with Crippen LogP contribution < -0.4 is 5.32 Å². The molecule has 154 valence electrons. The van der Waals surface area contributed by atoms with E-state index in [1.165, 1.54) is 6.42 Å². The Bertz CT molecular complexity index is 1350. The maximum atomic E-state index is 13.1. The zero-order valence-electron chi connectivity index (χ0n) is 16.8. The van der Waals surface area contributed by atoms with Gasteiger partial charge in [-0.3, -0.25) is 4.79 Å². The van der Waals surface area contributed by atoms with E-state index in [0.29, 0.717) is 28.1 Å². The molecule has 1 fully saturated rings. The zero-order chi connectivity index (χ0) is 21.4. The number of carbonyl (C=O) groups is 1. The van der Waals surface area contributed by atoms with E-state index in [1.807, 2.05) is 41.0 Å². The van der Waals surface area contributed by atoms with E-state index in [1.54, 1.807) is 12.1 Å². The first kappa shape index (κ1) is 19.7. The van der Waals surface area contributed by atoms with Crippen LogP contribution in [0.3, 0.4) is 0 Å². The third-order valence-electron chi connectivity index (χ3n) is 5.87. The lowest BCUT2D eigenvalue weighted by Gasteiger charge is -2.26. The highest BCUT2D eigenvalue weighted by Gasteiger charge is 2.28. The number of rotatable bonds is 3. The maximum Gasteiger partial charge on any atom is 0.256 e. The Kier molecular flexibility index (Phi) is 5.16. The molecule has 1 N–H and O–H groups in total. The number of nitriles is 1. The van der Waals surface area contributed by atoms with Gasteiger partial charge in [-0.25, -0.2) is 9.97 Å². The summed E-state index contributed by atoms with van der Waals surface area (Å²) in [4.78, 5) is 22.7. The molecule has 6 nitrogen and oxygen atoms in total. The van der Waals surface area contributed by atoms with Gasteiger partial charge in [0.05, 0.1) is 11.0 Å². The van der Waals surface area contributed by atoms with E-state index in [9.17, 15) is 10.1 Å². The largest absolute Gasteiger partial charge is 0.307 e. The van der Waals surface area contributed by atoms with Crippen molar-refractivity contribution in [2.24, 2.45) is 0 Å². The molecule has 0 atom stereocenters. The number of anilines is 1. The number of nitrogens with zero attached hydrogens (tertiary/aromatic N) is 4. The van der Waals surface area contributed by atoms with E-state index in [2.05, 4.69) is 27.3 Å². The minimum atomic E-state index is -0.262. The molecule has 0 radical (unpaired) electrons. The van der Waals surface area contributed by atoms with Crippen molar-refractivity contribution in [1.82, 2.24) is 14.5 Å². The number of aromatic nitrogens is 3. The number of benzene rings is 2. The van der Waals surface area contributed by atoms with Gasteiger partial charge in [-0.05, 0) is 43.2 Å². The Labute approximate surface area is 188 Å². The molecule has 31 heavy (non-hydrogen) atoms. The van der Waals surface area contributed by atoms with Crippen molar-refractivity contribution in [2.45, 2.75) is 38.1 Å². The second-order valence-corrected chi connectivity index (χ2v) is 8.76. The lowest BCUT2D eigenvalue weighted by atomic mass is 9.95. The van der Waals surface area contributed by atoms with Gasteiger partial charge in [0.15, 0.2) is 5.65 Å². The van der Waals surface area contributed by atoms with Crippen molar-refractivity contribution >= 4 is 49.9 Å². The highest BCUT2D eigenvalue weighted by atomic mass is 79.9. The molecule has 0 unspecified atom stereocenters. The van der Waals surface area contributed by atoms with Gasteiger partial charge < -0.3 is 9.88 Å². The SMILES string of the molecule is N#Cc1c(NC(=O)c2cccc(Br)c2)n(C2CCCCC2)c2nc3ccccc3nc12. The first-order valence-electron chi connectivity index (χ1n) is 10.4. The maximum absolute atomic E-state index is 13.1. The summed E-state index contributed by atoms with van der Waals surface area (Å²) in [6.07, 6.45) is 5.42. The predicted octanol–water partition coefficient (Wildman–Crippen LogP) is 5.98. The molecule has 0 bridgehead atoms. The second-order valence-electron chi connectivity index (χ2n) is 7.85. The van der Waals surface area contributed by atoms with Crippen molar-refractivity contribution in [3.05, 3.63) is 64.1 Å². The molecule has 5 rings (SSSR count). The minimum absolute atomic E-state index is 0.173. The van der Waals surface area contributed by atoms with Crippen LogP contribution in [0.4, 0.5) is 5.82 Å². The normalized spacial score (nSPS) is 14.6. The standard InChI is InChI=1S/C24H20BrN5O/c25-16-8-6-7-15(13-16)24(31)29-22-18(14-26)21-23(30(22)17-9-2-1-3-10-17)28-20-12-5-4-11-19(20)27-21/h4-8,11-13,17H,1-3,9-10H2,(H,29,31). The molecule has 1 aliphatic carbocycles. The summed E-state index contributed by atoms with van der Waals surface area (Å²) in [5.41, 5.74) is 3.59. The third-order valence-corrected chi connectivity index (χ3v) is 6.36. The number of hydrogen-bond acceptors (Lipinski definition) is 4. The fraction of sp³-hybridized carbons (Fsp3) is 0.250. The Morgan fingerprint density at radius 1 is 1.06 bits per heavy atom. The molecule has 0 spiro atoms. The first-order valence-corrected chi connectivity index (χ1v) is 11.2. The molecule has 1 saturated carbocycles. The van der Waals surface area contributed by atoms with Crippen LogP contribution in [-0.4, -0.2) is 20.4 Å². The van der Waals surface area contributed by atoms with Crippen LogP contribution in [0, 0.1) is 11.3 Å². The number of carbonyl (C=O) groups excluding carboxylic acids is 1. The molecule has 0 aliphatic heterocycles. The van der Waals surface area contributed by atoms with Crippen molar-refractivity contribution in [1.29, 1.82) is 5.26 Å². The summed E-state index contributed by atoms with van der Waals surface area (Å²) in [6.45, 7) is 0. The molecule has 2 heterocycles. The summed E-state index contributed by atoms with van der Waals surface area (Å²) >= 11 is 3.42. The molecule has 4 aromatic rings. The van der Waals surface area contributed by atoms with E-state index in [-0.39, 0.29) is 11.9 Å². The molecular formula is C24H20BrN5O. The van der Waals surface area contributed by atoms with Crippen molar-refractivity contribution in [2.75, 3.05) is 5.32 Å². The second kappa shape index (κ2) is 8.12. The summed E-state index contributed by atoms with van der Waals surface area (Å²) in [6, 6.07) is 17.3. The van der Waals surface area contributed by atoms with E-state index < -0.39 is 0 Å². The van der Waals surface area contributed by atoms with Crippen LogP contribution in [-0.2, 0) is 0 Å². The van der Waals surface area contributed by atoms with Crippen molar-refractivity contribution in [3.63, 3.8) is 0 Å². The first-order chi connectivity index (χ1) is 15.2. The third kappa shape index (κ3) is 3.57. The van der Waals surface area contributed by atoms with Crippen molar-refractivity contribution < 1.29 is 4.79 Å². The lowest BCUT2D eigenvalue weighted by Crippen LogP contribution is -2.20. The molecule has 1 amide bonds. The summed E-state index contributed by atoms with van der Waals surface area (Å²) in [5.74, 6) is 0.229. The van der Waals surface area contributed by atoms with Crippen LogP contribution in [0.2, 0.25) is 0 Å². The van der Waals surface area contributed by atoms with Gasteiger partial charge in [0.1, 0.15) is 23.0 Å². The Morgan fingerprint density at radius 3 is 2.52 bits per heavy atom. The van der Waals surface area contributed by atoms with Gasteiger partial charge in [0, 0.05) is 16.1 Å². The molecule has 2 aromatic carbocycles. The summed E-state index contributed by atoms with van der Waals surface area (Å²) < 4.78 is 2.87. The smallest absolute Gasteiger partial charge is 0.256 e. The lowest BCUT2D eigenvalue weighted by molar-refractivity contribution is 0.102. The van der Waals surface area contributed by atoms with E-state index in [0.717, 1.165) is 41.2 Å². The molecular weight excluding hydrogens is 454 g/mol. The number of nitrogens with one attached hydrogen (secondary N) is 1. The fourth-order valence-corrected chi connectivity index (χ4v) is 4.80. The fourth-order valence-electron chi connectivity index (χ4n) is 4.40. The van der Waals surface area contributed by atoms with Gasteiger partial charge in [-0.2, -0.15) is 5.26 Å². The van der Waals surface area contributed by atoms with Crippen molar-refractivity contribution in [3.8, 4) is 6.07 Å². The number of hydrogen-bond donors (Lipinski definition) is 1. The van der Waals surface area contributed by atoms with Crippen LogP contribution >= 0.6 is 15.9 Å². The highest BCUT2D eigenvalue weighted by molar-refractivity contribution is 9.10. The van der Waals surface area contributed by atoms with Crippen LogP contribution in [0.5, 0.6) is 0 Å². The Morgan fingerprint density at radius 2 is 1.81 bits per heavy atom. The van der Waals surface area contributed by atoms with Gasteiger partial charge >= 0.3 is 0 Å². The number of amides is 1. The summed E-state index contributed by atoms with van der Waals surface area (Å²) in [7, 11) is 0. The minimum Gasteiger partial charge on any atom is -0.307 e. The number of para-hydroxylation sites is 2. The number of halogens is 1. The van der Waals surface area contributed by atoms with Crippen LogP contribution in [0.1, 0.15) is 54.1 Å². The van der Waals surface area contributed by atoms with E-state index >= 15 is 0 Å². The van der Waals surface area contributed by atoms with Gasteiger partial charge in [-0.15, -0.1) is 0 Å². The van der Waals surface area contributed by atoms with Crippen LogP contribution in [0.25, 0.3) is 22.2 Å². The molecule has 7 heteroatoms. The topological polar surface area (TPSA) is 83.6 Å². The molecule has 1 aliphatic rings. The molecule has 0 saturated heterocycles. The average molecular weight is 474 g/mol. The van der Waals surface area contributed by atoms with Gasteiger partial charge in [0.2, 0.25) is 0 Å². The number of fused-ring (bicyclic) bond motifs is 2.